The molecule has 1 nitrogen and oxygen atoms in total. The molecule has 0 heterocycles. The summed E-state index contributed by atoms with van der Waals surface area (Å²) in [5.74, 6) is 0.0503. The summed E-state index contributed by atoms with van der Waals surface area (Å²) in [7, 11) is 0. The second kappa shape index (κ2) is 5.59. The highest BCUT2D eigenvalue weighted by Crippen LogP contribution is 2.30. The zero-order chi connectivity index (χ0) is 14.2. The van der Waals surface area contributed by atoms with Crippen LogP contribution in [0.4, 0.5) is 0 Å². The summed E-state index contributed by atoms with van der Waals surface area (Å²) in [5.41, 5.74) is 4.68. The summed E-state index contributed by atoms with van der Waals surface area (Å²) in [4.78, 5) is 12.8. The van der Waals surface area contributed by atoms with Gasteiger partial charge in [0.15, 0.2) is 5.78 Å². The van der Waals surface area contributed by atoms with Gasteiger partial charge in [0.05, 0.1) is 5.56 Å². The van der Waals surface area contributed by atoms with Crippen molar-refractivity contribution in [3.8, 4) is 0 Å². The third-order valence-corrected chi connectivity index (χ3v) is 4.42. The Kier molecular flexibility index (Phi) is 4.26. The molecule has 0 aliphatic carbocycles. The predicted molar refractivity (Wildman–Crippen MR) is 85.9 cm³/mol. The highest BCUT2D eigenvalue weighted by Gasteiger charge is 2.19. The fourth-order valence-corrected chi connectivity index (χ4v) is 3.74. The summed E-state index contributed by atoms with van der Waals surface area (Å²) >= 11 is 6.92. The maximum atomic E-state index is 12.8. The zero-order valence-corrected chi connectivity index (χ0v) is 14.2. The lowest BCUT2D eigenvalue weighted by Gasteiger charge is -2.12. The Hall–Kier alpha value is -0.930. The van der Waals surface area contributed by atoms with E-state index >= 15 is 0 Å². The van der Waals surface area contributed by atoms with Crippen molar-refractivity contribution < 1.29 is 4.79 Å². The van der Waals surface area contributed by atoms with E-state index in [0.717, 1.165) is 25.6 Å². The average Bonchev–Trinajstić information content (AvgIpc) is 2.26. The Morgan fingerprint density at radius 2 is 1.37 bits per heavy atom. The van der Waals surface area contributed by atoms with Crippen molar-refractivity contribution in [1.82, 2.24) is 0 Å². The number of benzene rings is 2. The lowest BCUT2D eigenvalue weighted by Crippen LogP contribution is -2.08. The Bertz CT molecular complexity index is 617. The monoisotopic (exact) mass is 380 g/mol. The van der Waals surface area contributed by atoms with E-state index in [1.54, 1.807) is 0 Å². The third-order valence-electron chi connectivity index (χ3n) is 3.09. The van der Waals surface area contributed by atoms with Crippen molar-refractivity contribution in [3.05, 3.63) is 67.1 Å². The van der Waals surface area contributed by atoms with Crippen LogP contribution in [0.2, 0.25) is 0 Å². The first-order valence-corrected chi connectivity index (χ1v) is 7.57. The molecule has 0 N–H and O–H groups in total. The van der Waals surface area contributed by atoms with E-state index < -0.39 is 0 Å². The SMILES string of the molecule is Cc1cc(C)c(C(=O)c2c(Br)cccc2Br)c(C)c1. The number of ketones is 1. The van der Waals surface area contributed by atoms with Crippen LogP contribution in [-0.4, -0.2) is 5.78 Å². The van der Waals surface area contributed by atoms with Gasteiger partial charge in [0, 0.05) is 14.5 Å². The molecule has 2 rings (SSSR count). The van der Waals surface area contributed by atoms with Crippen LogP contribution < -0.4 is 0 Å². The van der Waals surface area contributed by atoms with Crippen LogP contribution in [-0.2, 0) is 0 Å². The fourth-order valence-electron chi connectivity index (χ4n) is 2.38. The summed E-state index contributed by atoms with van der Waals surface area (Å²) in [6.07, 6.45) is 0. The van der Waals surface area contributed by atoms with Gasteiger partial charge >= 0.3 is 0 Å². The van der Waals surface area contributed by atoms with E-state index in [1.807, 2.05) is 51.1 Å². The highest BCUT2D eigenvalue weighted by molar-refractivity contribution is 9.11. The zero-order valence-electron chi connectivity index (χ0n) is 11.1. The van der Waals surface area contributed by atoms with Crippen LogP contribution in [0.15, 0.2) is 39.3 Å². The largest absolute Gasteiger partial charge is 0.289 e. The molecular weight excluding hydrogens is 368 g/mol. The molecule has 0 unspecified atom stereocenters. The molecule has 0 spiro atoms. The Labute approximate surface area is 130 Å². The quantitative estimate of drug-likeness (QED) is 0.639. The predicted octanol–water partition coefficient (Wildman–Crippen LogP) is 5.37. The molecule has 0 amide bonds. The Morgan fingerprint density at radius 1 is 0.895 bits per heavy atom. The van der Waals surface area contributed by atoms with Crippen molar-refractivity contribution in [2.24, 2.45) is 0 Å². The van der Waals surface area contributed by atoms with Crippen LogP contribution in [0, 0.1) is 20.8 Å². The van der Waals surface area contributed by atoms with Crippen LogP contribution in [0.25, 0.3) is 0 Å². The van der Waals surface area contributed by atoms with Gasteiger partial charge in [-0.1, -0.05) is 23.8 Å². The summed E-state index contributed by atoms with van der Waals surface area (Å²) < 4.78 is 1.62. The van der Waals surface area contributed by atoms with E-state index in [-0.39, 0.29) is 5.78 Å². The molecule has 3 heteroatoms. The molecule has 0 aliphatic rings. The minimum absolute atomic E-state index is 0.0503. The molecule has 0 atom stereocenters. The van der Waals surface area contributed by atoms with Crippen molar-refractivity contribution in [2.75, 3.05) is 0 Å². The van der Waals surface area contributed by atoms with E-state index in [9.17, 15) is 4.79 Å². The van der Waals surface area contributed by atoms with Crippen molar-refractivity contribution in [1.29, 1.82) is 0 Å². The Balaban J connectivity index is 2.64. The minimum atomic E-state index is 0.0503. The average molecular weight is 382 g/mol. The molecule has 0 bridgehead atoms. The van der Waals surface area contributed by atoms with Crippen molar-refractivity contribution >= 4 is 37.6 Å². The lowest BCUT2D eigenvalue weighted by atomic mass is 9.93. The molecule has 98 valence electrons. The van der Waals surface area contributed by atoms with Crippen LogP contribution in [0.3, 0.4) is 0 Å². The summed E-state index contributed by atoms with van der Waals surface area (Å²) in [6, 6.07) is 9.77. The number of carbonyl (C=O) groups excluding carboxylic acids is 1. The minimum Gasteiger partial charge on any atom is -0.289 e. The third kappa shape index (κ3) is 2.82. The molecule has 2 aromatic rings. The van der Waals surface area contributed by atoms with Gasteiger partial charge in [0.1, 0.15) is 0 Å². The molecule has 0 saturated heterocycles. The number of hydrogen-bond donors (Lipinski definition) is 0. The van der Waals surface area contributed by atoms with Crippen molar-refractivity contribution in [2.45, 2.75) is 20.8 Å². The van der Waals surface area contributed by atoms with Crippen LogP contribution in [0.1, 0.15) is 32.6 Å². The van der Waals surface area contributed by atoms with Crippen molar-refractivity contribution in [3.63, 3.8) is 0 Å². The number of hydrogen-bond acceptors (Lipinski definition) is 1. The number of aryl methyl sites for hydroxylation is 3. The highest BCUT2D eigenvalue weighted by atomic mass is 79.9. The van der Waals surface area contributed by atoms with Gasteiger partial charge < -0.3 is 0 Å². The molecule has 0 saturated carbocycles. The van der Waals surface area contributed by atoms with Crippen LogP contribution in [0.5, 0.6) is 0 Å². The number of carbonyl (C=O) groups is 1. The molecule has 0 aromatic heterocycles. The van der Waals surface area contributed by atoms with Gasteiger partial charge in [-0.05, 0) is 75.9 Å². The number of halogens is 2. The first-order chi connectivity index (χ1) is 8.91. The molecule has 2 aromatic carbocycles. The standard InChI is InChI=1S/C16H14Br2O/c1-9-7-10(2)14(11(3)8-9)16(19)15-12(17)5-4-6-13(15)18/h4-8H,1-3H3. The Morgan fingerprint density at radius 3 is 1.84 bits per heavy atom. The van der Waals surface area contributed by atoms with Crippen LogP contribution >= 0.6 is 31.9 Å². The molecular formula is C16H14Br2O. The van der Waals surface area contributed by atoms with Gasteiger partial charge in [-0.3, -0.25) is 4.79 Å². The summed E-state index contributed by atoms with van der Waals surface area (Å²) in [6.45, 7) is 6.01. The number of rotatable bonds is 2. The van der Waals surface area contributed by atoms with E-state index in [2.05, 4.69) is 31.9 Å². The first-order valence-electron chi connectivity index (χ1n) is 5.98. The fraction of sp³-hybridized carbons (Fsp3) is 0.188. The van der Waals surface area contributed by atoms with Gasteiger partial charge in [-0.25, -0.2) is 0 Å². The maximum Gasteiger partial charge on any atom is 0.195 e. The van der Waals surface area contributed by atoms with E-state index in [4.69, 9.17) is 0 Å². The van der Waals surface area contributed by atoms with Gasteiger partial charge in [0.2, 0.25) is 0 Å². The topological polar surface area (TPSA) is 17.1 Å². The van der Waals surface area contributed by atoms with Gasteiger partial charge in [-0.2, -0.15) is 0 Å². The summed E-state index contributed by atoms with van der Waals surface area (Å²) in [5, 5.41) is 0. The van der Waals surface area contributed by atoms with E-state index in [1.165, 1.54) is 5.56 Å². The molecule has 19 heavy (non-hydrogen) atoms. The van der Waals surface area contributed by atoms with Gasteiger partial charge in [-0.15, -0.1) is 0 Å². The van der Waals surface area contributed by atoms with Gasteiger partial charge in [0.25, 0.3) is 0 Å². The molecule has 0 radical (unpaired) electrons. The van der Waals surface area contributed by atoms with E-state index in [0.29, 0.717) is 5.56 Å². The first kappa shape index (κ1) is 14.5. The normalized spacial score (nSPS) is 10.6. The second-order valence-corrected chi connectivity index (χ2v) is 6.41. The smallest absolute Gasteiger partial charge is 0.195 e. The molecule has 0 fully saturated rings. The second-order valence-electron chi connectivity index (χ2n) is 4.70. The lowest BCUT2D eigenvalue weighted by molar-refractivity contribution is 0.103. The maximum absolute atomic E-state index is 12.8. The molecule has 0 aliphatic heterocycles.